The van der Waals surface area contributed by atoms with Gasteiger partial charge in [0.15, 0.2) is 11.0 Å². The Balaban J connectivity index is 1.70. The van der Waals surface area contributed by atoms with Crippen LogP contribution in [0.1, 0.15) is 26.3 Å². The summed E-state index contributed by atoms with van der Waals surface area (Å²) in [5.74, 6) is 1.29. The number of carbonyl (C=O) groups excluding carboxylic acids is 1. The van der Waals surface area contributed by atoms with Crippen LogP contribution in [0.5, 0.6) is 0 Å². The van der Waals surface area contributed by atoms with Crippen molar-refractivity contribution in [2.75, 3.05) is 5.75 Å². The van der Waals surface area contributed by atoms with Gasteiger partial charge in [0.05, 0.1) is 5.75 Å². The third-order valence-corrected chi connectivity index (χ3v) is 5.48. The largest absolute Gasteiger partial charge is 0.335 e. The van der Waals surface area contributed by atoms with E-state index in [0.29, 0.717) is 12.3 Å². The molecule has 0 aliphatic heterocycles. The van der Waals surface area contributed by atoms with Crippen LogP contribution in [-0.4, -0.2) is 37.4 Å². The molecule has 0 spiro atoms. The fourth-order valence-corrected chi connectivity index (χ4v) is 3.92. The minimum atomic E-state index is 0.107. The summed E-state index contributed by atoms with van der Waals surface area (Å²) in [7, 11) is 0. The Kier molecular flexibility index (Phi) is 6.87. The van der Waals surface area contributed by atoms with Gasteiger partial charge in [-0.2, -0.15) is 0 Å². The van der Waals surface area contributed by atoms with E-state index >= 15 is 0 Å². The number of hydrogen-bond acceptors (Lipinski definition) is 4. The molecule has 3 rings (SSSR count). The van der Waals surface area contributed by atoms with Crippen molar-refractivity contribution in [1.82, 2.24) is 19.7 Å². The highest BCUT2D eigenvalue weighted by Crippen LogP contribution is 2.24. The highest BCUT2D eigenvalue weighted by atomic mass is 32.2. The fraction of sp³-hybridized carbons (Fsp3) is 0.318. The third-order valence-electron chi connectivity index (χ3n) is 4.53. The molecule has 146 valence electrons. The van der Waals surface area contributed by atoms with Crippen molar-refractivity contribution in [1.29, 1.82) is 0 Å². The molecule has 0 radical (unpaired) electrons. The molecule has 6 heteroatoms. The van der Waals surface area contributed by atoms with Crippen molar-refractivity contribution in [3.05, 3.63) is 66.2 Å². The van der Waals surface area contributed by atoms with E-state index in [4.69, 9.17) is 0 Å². The lowest BCUT2D eigenvalue weighted by molar-refractivity contribution is -0.130. The predicted octanol–water partition coefficient (Wildman–Crippen LogP) is 4.49. The van der Waals surface area contributed by atoms with Gasteiger partial charge in [-0.05, 0) is 26.3 Å². The average molecular weight is 395 g/mol. The maximum absolute atomic E-state index is 12.9. The third kappa shape index (κ3) is 4.81. The van der Waals surface area contributed by atoms with Gasteiger partial charge >= 0.3 is 0 Å². The Labute approximate surface area is 170 Å². The first kappa shape index (κ1) is 20.1. The van der Waals surface area contributed by atoms with Crippen LogP contribution >= 0.6 is 11.8 Å². The lowest BCUT2D eigenvalue weighted by atomic mass is 10.2. The summed E-state index contributed by atoms with van der Waals surface area (Å²) in [4.78, 5) is 14.8. The van der Waals surface area contributed by atoms with Crippen molar-refractivity contribution < 1.29 is 4.79 Å². The summed E-state index contributed by atoms with van der Waals surface area (Å²) in [5.41, 5.74) is 2.17. The van der Waals surface area contributed by atoms with Gasteiger partial charge in [0, 0.05) is 24.7 Å². The van der Waals surface area contributed by atoms with Crippen LogP contribution in [0.2, 0.25) is 0 Å². The second-order valence-electron chi connectivity index (χ2n) is 6.81. The number of carbonyl (C=O) groups is 1. The minimum Gasteiger partial charge on any atom is -0.335 e. The SMILES string of the molecule is CCn1c(SCC(=O)N(Cc2ccccc2)C(C)C)nnc1-c1ccccc1. The van der Waals surface area contributed by atoms with Gasteiger partial charge in [-0.3, -0.25) is 4.79 Å². The monoisotopic (exact) mass is 394 g/mol. The first-order chi connectivity index (χ1) is 13.6. The van der Waals surface area contributed by atoms with Gasteiger partial charge in [-0.25, -0.2) is 0 Å². The number of thioether (sulfide) groups is 1. The molecular formula is C22H26N4OS. The zero-order chi connectivity index (χ0) is 19.9. The molecule has 28 heavy (non-hydrogen) atoms. The minimum absolute atomic E-state index is 0.107. The molecule has 0 N–H and O–H groups in total. The zero-order valence-corrected chi connectivity index (χ0v) is 17.4. The Morgan fingerprint density at radius 1 is 1.04 bits per heavy atom. The Morgan fingerprint density at radius 2 is 1.68 bits per heavy atom. The predicted molar refractivity (Wildman–Crippen MR) is 114 cm³/mol. The summed E-state index contributed by atoms with van der Waals surface area (Å²) in [5, 5.41) is 9.45. The fourth-order valence-electron chi connectivity index (χ4n) is 3.03. The summed E-state index contributed by atoms with van der Waals surface area (Å²) in [6.45, 7) is 7.54. The smallest absolute Gasteiger partial charge is 0.233 e. The van der Waals surface area contributed by atoms with E-state index in [-0.39, 0.29) is 11.9 Å². The van der Waals surface area contributed by atoms with E-state index in [9.17, 15) is 4.79 Å². The lowest BCUT2D eigenvalue weighted by Crippen LogP contribution is -2.37. The van der Waals surface area contributed by atoms with Gasteiger partial charge in [0.1, 0.15) is 0 Å². The van der Waals surface area contributed by atoms with Crippen molar-refractivity contribution in [3.8, 4) is 11.4 Å². The highest BCUT2D eigenvalue weighted by molar-refractivity contribution is 7.99. The molecule has 1 amide bonds. The van der Waals surface area contributed by atoms with Crippen LogP contribution in [-0.2, 0) is 17.9 Å². The Bertz CT molecular complexity index is 893. The molecule has 0 unspecified atom stereocenters. The van der Waals surface area contributed by atoms with Crippen molar-refractivity contribution in [3.63, 3.8) is 0 Å². The number of benzene rings is 2. The molecule has 0 aliphatic rings. The number of aromatic nitrogens is 3. The van der Waals surface area contributed by atoms with E-state index in [0.717, 1.165) is 28.7 Å². The first-order valence-electron chi connectivity index (χ1n) is 9.55. The topological polar surface area (TPSA) is 51.0 Å². The number of nitrogens with zero attached hydrogens (tertiary/aromatic N) is 4. The van der Waals surface area contributed by atoms with E-state index < -0.39 is 0 Å². The molecule has 0 fully saturated rings. The molecular weight excluding hydrogens is 368 g/mol. The molecule has 5 nitrogen and oxygen atoms in total. The molecule has 0 atom stereocenters. The van der Waals surface area contributed by atoms with E-state index in [2.05, 4.69) is 33.8 Å². The second-order valence-corrected chi connectivity index (χ2v) is 7.75. The molecule has 1 heterocycles. The van der Waals surface area contributed by atoms with Crippen LogP contribution in [0.3, 0.4) is 0 Å². The summed E-state index contributed by atoms with van der Waals surface area (Å²) in [6.07, 6.45) is 0. The molecule has 0 aliphatic carbocycles. The van der Waals surface area contributed by atoms with Crippen LogP contribution in [0.4, 0.5) is 0 Å². The Morgan fingerprint density at radius 3 is 2.29 bits per heavy atom. The maximum atomic E-state index is 12.9. The molecule has 0 bridgehead atoms. The number of rotatable bonds is 8. The average Bonchev–Trinajstić information content (AvgIpc) is 3.14. The highest BCUT2D eigenvalue weighted by Gasteiger charge is 2.20. The summed E-state index contributed by atoms with van der Waals surface area (Å²) in [6, 6.07) is 20.2. The molecule has 0 saturated carbocycles. The zero-order valence-electron chi connectivity index (χ0n) is 16.6. The van der Waals surface area contributed by atoms with Crippen molar-refractivity contribution in [2.45, 2.75) is 45.1 Å². The van der Waals surface area contributed by atoms with Crippen molar-refractivity contribution >= 4 is 17.7 Å². The molecule has 1 aromatic heterocycles. The molecule has 2 aromatic carbocycles. The Hall–Kier alpha value is -2.60. The van der Waals surface area contributed by atoms with E-state index in [1.54, 1.807) is 0 Å². The van der Waals surface area contributed by atoms with Crippen LogP contribution in [0.15, 0.2) is 65.8 Å². The van der Waals surface area contributed by atoms with Crippen LogP contribution in [0, 0.1) is 0 Å². The van der Waals surface area contributed by atoms with Gasteiger partial charge in [0.25, 0.3) is 0 Å². The van der Waals surface area contributed by atoms with Gasteiger partial charge in [-0.15, -0.1) is 10.2 Å². The molecule has 0 saturated heterocycles. The maximum Gasteiger partial charge on any atom is 0.233 e. The van der Waals surface area contributed by atoms with Gasteiger partial charge in [0.2, 0.25) is 5.91 Å². The van der Waals surface area contributed by atoms with Gasteiger partial charge in [-0.1, -0.05) is 72.4 Å². The molecule has 3 aromatic rings. The van der Waals surface area contributed by atoms with Crippen LogP contribution < -0.4 is 0 Å². The first-order valence-corrected chi connectivity index (χ1v) is 10.5. The lowest BCUT2D eigenvalue weighted by Gasteiger charge is -2.26. The summed E-state index contributed by atoms with van der Waals surface area (Å²) < 4.78 is 2.06. The van der Waals surface area contributed by atoms with Gasteiger partial charge < -0.3 is 9.47 Å². The normalized spacial score (nSPS) is 11.0. The van der Waals surface area contributed by atoms with Crippen LogP contribution in [0.25, 0.3) is 11.4 Å². The number of hydrogen-bond donors (Lipinski definition) is 0. The summed E-state index contributed by atoms with van der Waals surface area (Å²) >= 11 is 1.45. The number of amides is 1. The standard InChI is InChI=1S/C22H26N4OS/c1-4-25-21(19-13-9-6-10-14-19)23-24-22(25)28-16-20(27)26(17(2)3)15-18-11-7-5-8-12-18/h5-14,17H,4,15-16H2,1-3H3. The van der Waals surface area contributed by atoms with E-state index in [1.165, 1.54) is 11.8 Å². The van der Waals surface area contributed by atoms with E-state index in [1.807, 2.05) is 67.3 Å². The quantitative estimate of drug-likeness (QED) is 0.528. The van der Waals surface area contributed by atoms with Crippen molar-refractivity contribution in [2.24, 2.45) is 0 Å². The second kappa shape index (κ2) is 9.55.